The van der Waals surface area contributed by atoms with Crippen molar-refractivity contribution in [1.82, 2.24) is 0 Å². The molecule has 0 amide bonds. The van der Waals surface area contributed by atoms with Crippen molar-refractivity contribution in [3.05, 3.63) is 35.4 Å². The number of rotatable bonds is 2. The normalized spacial score (nSPS) is 38.4. The van der Waals surface area contributed by atoms with E-state index in [2.05, 4.69) is 6.92 Å². The molecule has 0 spiro atoms. The first-order chi connectivity index (χ1) is 9.21. The first-order valence-corrected chi connectivity index (χ1v) is 7.36. The van der Waals surface area contributed by atoms with Gasteiger partial charge in [-0.2, -0.15) is 0 Å². The highest BCUT2D eigenvalue weighted by molar-refractivity contribution is 5.27. The van der Waals surface area contributed by atoms with Gasteiger partial charge in [0, 0.05) is 12.0 Å². The van der Waals surface area contributed by atoms with Crippen LogP contribution in [0.4, 0.5) is 8.78 Å². The van der Waals surface area contributed by atoms with E-state index >= 15 is 0 Å². The van der Waals surface area contributed by atoms with E-state index in [1.54, 1.807) is 0 Å². The van der Waals surface area contributed by atoms with Gasteiger partial charge in [-0.15, -0.1) is 0 Å². The van der Waals surface area contributed by atoms with Gasteiger partial charge < -0.3 is 5.11 Å². The predicted octanol–water partition coefficient (Wildman–Crippen LogP) is 4.08. The molecular formula is C17H22F2O. The largest absolute Gasteiger partial charge is 0.388 e. The molecule has 1 nitrogen and oxygen atoms in total. The van der Waals surface area contributed by atoms with Gasteiger partial charge in [-0.1, -0.05) is 26.8 Å². The van der Waals surface area contributed by atoms with Crippen molar-refractivity contribution in [2.24, 2.45) is 16.7 Å². The minimum atomic E-state index is -1.05. The van der Waals surface area contributed by atoms with Gasteiger partial charge >= 0.3 is 0 Å². The van der Waals surface area contributed by atoms with E-state index in [1.165, 1.54) is 18.2 Å². The molecule has 3 rings (SSSR count). The Morgan fingerprint density at radius 1 is 1.20 bits per heavy atom. The van der Waals surface area contributed by atoms with E-state index in [-0.39, 0.29) is 22.8 Å². The molecule has 110 valence electrons. The van der Waals surface area contributed by atoms with E-state index in [0.29, 0.717) is 5.92 Å². The van der Waals surface area contributed by atoms with Gasteiger partial charge in [0.05, 0.1) is 5.60 Å². The second-order valence-corrected chi connectivity index (χ2v) is 7.46. The summed E-state index contributed by atoms with van der Waals surface area (Å²) in [7, 11) is 0. The van der Waals surface area contributed by atoms with Crippen LogP contribution < -0.4 is 0 Å². The van der Waals surface area contributed by atoms with Crippen LogP contribution >= 0.6 is 0 Å². The topological polar surface area (TPSA) is 20.2 Å². The van der Waals surface area contributed by atoms with Gasteiger partial charge in [-0.3, -0.25) is 0 Å². The average Bonchev–Trinajstić information content (AvgIpc) is 2.82. The Kier molecular flexibility index (Phi) is 2.82. The molecule has 2 aliphatic carbocycles. The summed E-state index contributed by atoms with van der Waals surface area (Å²) < 4.78 is 27.9. The molecule has 0 heterocycles. The van der Waals surface area contributed by atoms with Crippen LogP contribution in [0.2, 0.25) is 0 Å². The molecule has 2 fully saturated rings. The van der Waals surface area contributed by atoms with Crippen molar-refractivity contribution in [2.45, 2.75) is 52.1 Å². The molecule has 0 aromatic heterocycles. The fraction of sp³-hybridized carbons (Fsp3) is 0.647. The van der Waals surface area contributed by atoms with E-state index in [0.717, 1.165) is 19.3 Å². The van der Waals surface area contributed by atoms with Crippen molar-refractivity contribution >= 4 is 0 Å². The molecule has 0 saturated heterocycles. The third-order valence-electron chi connectivity index (χ3n) is 6.32. The van der Waals surface area contributed by atoms with Gasteiger partial charge in [0.25, 0.3) is 0 Å². The lowest BCUT2D eigenvalue weighted by Crippen LogP contribution is -2.55. The third kappa shape index (κ3) is 1.56. The summed E-state index contributed by atoms with van der Waals surface area (Å²) in [6, 6.07) is 3.90. The van der Waals surface area contributed by atoms with Crippen LogP contribution in [0.3, 0.4) is 0 Å². The standard InChI is InChI=1S/C17H22F2O/c1-15(2)11-7-8-16(3,9-11)17(15,20)10-12-13(18)5-4-6-14(12)19/h4-6,11,20H,7-10H2,1-3H3. The second-order valence-electron chi connectivity index (χ2n) is 7.46. The van der Waals surface area contributed by atoms with E-state index < -0.39 is 17.2 Å². The molecule has 2 aliphatic rings. The van der Waals surface area contributed by atoms with Gasteiger partial charge in [-0.25, -0.2) is 8.78 Å². The summed E-state index contributed by atoms with van der Waals surface area (Å²) in [5.41, 5.74) is -1.58. The first kappa shape index (κ1) is 14.0. The zero-order chi connectivity index (χ0) is 14.8. The van der Waals surface area contributed by atoms with Crippen LogP contribution in [0.15, 0.2) is 18.2 Å². The summed E-state index contributed by atoms with van der Waals surface area (Å²) >= 11 is 0. The maximum absolute atomic E-state index is 13.9. The lowest BCUT2D eigenvalue weighted by molar-refractivity contribution is -0.142. The molecule has 20 heavy (non-hydrogen) atoms. The zero-order valence-corrected chi connectivity index (χ0v) is 12.3. The lowest BCUT2D eigenvalue weighted by Gasteiger charge is -2.51. The van der Waals surface area contributed by atoms with E-state index in [1.807, 2.05) is 13.8 Å². The van der Waals surface area contributed by atoms with Crippen molar-refractivity contribution in [3.8, 4) is 0 Å². The third-order valence-corrected chi connectivity index (χ3v) is 6.32. The van der Waals surface area contributed by atoms with Crippen LogP contribution in [-0.2, 0) is 6.42 Å². The first-order valence-electron chi connectivity index (χ1n) is 7.36. The number of aliphatic hydroxyl groups is 1. The van der Waals surface area contributed by atoms with Crippen LogP contribution in [0.5, 0.6) is 0 Å². The van der Waals surface area contributed by atoms with Crippen molar-refractivity contribution < 1.29 is 13.9 Å². The van der Waals surface area contributed by atoms with E-state index in [9.17, 15) is 13.9 Å². The quantitative estimate of drug-likeness (QED) is 0.865. The minimum absolute atomic E-state index is 0.0249. The minimum Gasteiger partial charge on any atom is -0.388 e. The molecule has 0 radical (unpaired) electrons. The van der Waals surface area contributed by atoms with Gasteiger partial charge in [0.15, 0.2) is 0 Å². The summed E-state index contributed by atoms with van der Waals surface area (Å²) in [6.07, 6.45) is 3.05. The SMILES string of the molecule is CC12CCC(C1)C(C)(C)C2(O)Cc1c(F)cccc1F. The zero-order valence-electron chi connectivity index (χ0n) is 12.3. The maximum atomic E-state index is 13.9. The number of fused-ring (bicyclic) bond motifs is 2. The highest BCUT2D eigenvalue weighted by Gasteiger charge is 2.68. The molecule has 2 bridgehead atoms. The molecule has 1 aromatic rings. The summed E-state index contributed by atoms with van der Waals surface area (Å²) in [4.78, 5) is 0. The Hall–Kier alpha value is -0.960. The average molecular weight is 280 g/mol. The van der Waals surface area contributed by atoms with Gasteiger partial charge in [0.2, 0.25) is 0 Å². The van der Waals surface area contributed by atoms with Crippen LogP contribution in [0.1, 0.15) is 45.6 Å². The predicted molar refractivity (Wildman–Crippen MR) is 74.2 cm³/mol. The number of hydrogen-bond donors (Lipinski definition) is 1. The van der Waals surface area contributed by atoms with Crippen LogP contribution in [0.25, 0.3) is 0 Å². The Labute approximate surface area is 119 Å². The molecular weight excluding hydrogens is 258 g/mol. The molecule has 1 aromatic carbocycles. The lowest BCUT2D eigenvalue weighted by atomic mass is 9.58. The Bertz CT molecular complexity index is 527. The smallest absolute Gasteiger partial charge is 0.129 e. The van der Waals surface area contributed by atoms with Crippen molar-refractivity contribution in [1.29, 1.82) is 0 Å². The summed E-state index contributed by atoms with van der Waals surface area (Å²) in [6.45, 7) is 6.15. The number of hydrogen-bond acceptors (Lipinski definition) is 1. The van der Waals surface area contributed by atoms with Crippen LogP contribution in [0, 0.1) is 28.4 Å². The molecule has 1 N–H and O–H groups in total. The molecule has 3 heteroatoms. The summed E-state index contributed by atoms with van der Waals surface area (Å²) in [5.74, 6) is -0.673. The van der Waals surface area contributed by atoms with Crippen molar-refractivity contribution in [2.75, 3.05) is 0 Å². The Morgan fingerprint density at radius 3 is 2.30 bits per heavy atom. The number of halogens is 2. The van der Waals surface area contributed by atoms with Crippen molar-refractivity contribution in [3.63, 3.8) is 0 Å². The highest BCUT2D eigenvalue weighted by Crippen LogP contribution is 2.68. The monoisotopic (exact) mass is 280 g/mol. The molecule has 3 atom stereocenters. The molecule has 0 aliphatic heterocycles. The summed E-state index contributed by atoms with van der Waals surface area (Å²) in [5, 5.41) is 11.3. The highest BCUT2D eigenvalue weighted by atomic mass is 19.1. The van der Waals surface area contributed by atoms with Crippen LogP contribution in [-0.4, -0.2) is 10.7 Å². The van der Waals surface area contributed by atoms with Gasteiger partial charge in [0.1, 0.15) is 11.6 Å². The molecule has 3 unspecified atom stereocenters. The number of benzene rings is 1. The fourth-order valence-electron chi connectivity index (χ4n) is 4.75. The maximum Gasteiger partial charge on any atom is 0.129 e. The second kappa shape index (κ2) is 4.03. The van der Waals surface area contributed by atoms with E-state index in [4.69, 9.17) is 0 Å². The Morgan fingerprint density at radius 2 is 1.80 bits per heavy atom. The Balaban J connectivity index is 2.05. The fourth-order valence-corrected chi connectivity index (χ4v) is 4.75. The molecule has 2 saturated carbocycles. The van der Waals surface area contributed by atoms with Gasteiger partial charge in [-0.05, 0) is 48.1 Å².